The fourth-order valence-electron chi connectivity index (χ4n) is 2.74. The lowest BCUT2D eigenvalue weighted by Gasteiger charge is -2.20. The summed E-state index contributed by atoms with van der Waals surface area (Å²) in [5.74, 6) is -4.07. The molecule has 0 bridgehead atoms. The van der Waals surface area contributed by atoms with Gasteiger partial charge in [-0.2, -0.15) is 0 Å². The molecule has 2 rings (SSSR count). The maximum absolute atomic E-state index is 13.7. The van der Waals surface area contributed by atoms with E-state index < -0.39 is 24.0 Å². The third kappa shape index (κ3) is 6.69. The highest BCUT2D eigenvalue weighted by Crippen LogP contribution is 2.32. The number of carboxylic acid groups (broad SMARTS) is 1. The number of hydrogen-bond acceptors (Lipinski definition) is 2. The zero-order valence-corrected chi connectivity index (χ0v) is 14.9. The number of benzene rings is 2. The van der Waals surface area contributed by atoms with E-state index in [4.69, 9.17) is 5.11 Å². The number of carbonyl (C=O) groups is 2. The van der Waals surface area contributed by atoms with E-state index in [1.165, 1.54) is 18.2 Å². The number of rotatable bonds is 8. The van der Waals surface area contributed by atoms with E-state index in [0.29, 0.717) is 6.42 Å². The normalized spacial score (nSPS) is 12.3. The molecule has 0 saturated heterocycles. The van der Waals surface area contributed by atoms with Crippen molar-refractivity contribution in [3.8, 4) is 0 Å². The number of urea groups is 1. The van der Waals surface area contributed by atoms with Crippen LogP contribution in [0, 0.1) is 0 Å². The van der Waals surface area contributed by atoms with Crippen molar-refractivity contribution in [1.29, 1.82) is 0 Å². The molecule has 0 aliphatic carbocycles. The van der Waals surface area contributed by atoms with Crippen LogP contribution < -0.4 is 10.6 Å². The molecule has 1 unspecified atom stereocenters. The Morgan fingerprint density at radius 1 is 1.07 bits per heavy atom. The van der Waals surface area contributed by atoms with Gasteiger partial charge < -0.3 is 15.7 Å². The summed E-state index contributed by atoms with van der Waals surface area (Å²) >= 11 is 0. The molecule has 5 nitrogen and oxygen atoms in total. The fourth-order valence-corrected chi connectivity index (χ4v) is 2.74. The molecule has 0 aliphatic heterocycles. The number of anilines is 1. The van der Waals surface area contributed by atoms with Crippen LogP contribution in [0.2, 0.25) is 0 Å². The minimum absolute atomic E-state index is 0.0131. The molecule has 2 aromatic carbocycles. The first kappa shape index (κ1) is 20.4. The van der Waals surface area contributed by atoms with E-state index >= 15 is 0 Å². The molecule has 144 valence electrons. The quantitative estimate of drug-likeness (QED) is 0.639. The zero-order chi connectivity index (χ0) is 19.9. The van der Waals surface area contributed by atoms with E-state index in [9.17, 15) is 18.4 Å². The van der Waals surface area contributed by atoms with Gasteiger partial charge in [0.1, 0.15) is 0 Å². The molecule has 0 spiro atoms. The molecule has 0 aliphatic rings. The largest absolute Gasteiger partial charge is 0.481 e. The molecule has 3 N–H and O–H groups in total. The SMILES string of the molecule is CC(F)(F)c1ccccc1NC(=O)NC(CCC(=O)O)Cc1ccccc1. The highest BCUT2D eigenvalue weighted by molar-refractivity contribution is 5.90. The number of carboxylic acids is 1. The van der Waals surface area contributed by atoms with Gasteiger partial charge in [-0.1, -0.05) is 48.5 Å². The van der Waals surface area contributed by atoms with Gasteiger partial charge in [0.25, 0.3) is 5.92 Å². The van der Waals surface area contributed by atoms with Crippen molar-refractivity contribution in [1.82, 2.24) is 5.32 Å². The molecule has 2 amide bonds. The summed E-state index contributed by atoms with van der Waals surface area (Å²) < 4.78 is 27.4. The summed E-state index contributed by atoms with van der Waals surface area (Å²) in [6.45, 7) is 0.760. The summed E-state index contributed by atoms with van der Waals surface area (Å²) in [6, 6.07) is 13.9. The van der Waals surface area contributed by atoms with E-state index in [0.717, 1.165) is 12.5 Å². The standard InChI is InChI=1S/C20H22F2N2O3/c1-20(21,22)16-9-5-6-10-17(16)24-19(27)23-15(11-12-18(25)26)13-14-7-3-2-4-8-14/h2-10,15H,11-13H2,1H3,(H,25,26)(H2,23,24,27). The van der Waals surface area contributed by atoms with Gasteiger partial charge in [-0.3, -0.25) is 4.79 Å². The number of amides is 2. The van der Waals surface area contributed by atoms with Crippen molar-refractivity contribution in [3.63, 3.8) is 0 Å². The lowest BCUT2D eigenvalue weighted by Crippen LogP contribution is -2.40. The molecule has 2 aromatic rings. The van der Waals surface area contributed by atoms with Crippen LogP contribution in [-0.2, 0) is 17.1 Å². The average molecular weight is 376 g/mol. The van der Waals surface area contributed by atoms with Crippen LogP contribution in [0.4, 0.5) is 19.3 Å². The Morgan fingerprint density at radius 2 is 1.70 bits per heavy atom. The van der Waals surface area contributed by atoms with Gasteiger partial charge in [-0.25, -0.2) is 13.6 Å². The predicted molar refractivity (Wildman–Crippen MR) is 99.0 cm³/mol. The summed E-state index contributed by atoms with van der Waals surface area (Å²) in [4.78, 5) is 23.2. The Hall–Kier alpha value is -2.96. The predicted octanol–water partition coefficient (Wildman–Crippen LogP) is 4.40. The molecule has 0 radical (unpaired) electrons. The van der Waals surface area contributed by atoms with Gasteiger partial charge in [0, 0.05) is 24.9 Å². The highest BCUT2D eigenvalue weighted by Gasteiger charge is 2.28. The Morgan fingerprint density at radius 3 is 2.33 bits per heavy atom. The summed E-state index contributed by atoms with van der Waals surface area (Å²) in [6.07, 6.45) is 0.553. The molecule has 1 atom stereocenters. The maximum Gasteiger partial charge on any atom is 0.319 e. The average Bonchev–Trinajstić information content (AvgIpc) is 2.60. The molecule has 0 heterocycles. The third-order valence-corrected chi connectivity index (χ3v) is 4.02. The van der Waals surface area contributed by atoms with E-state index in [1.54, 1.807) is 6.07 Å². The molecule has 27 heavy (non-hydrogen) atoms. The Labute approximate surface area is 156 Å². The molecular weight excluding hydrogens is 354 g/mol. The summed E-state index contributed by atoms with van der Waals surface area (Å²) in [5, 5.41) is 14.0. The van der Waals surface area contributed by atoms with Crippen LogP contribution in [0.3, 0.4) is 0 Å². The summed E-state index contributed by atoms with van der Waals surface area (Å²) in [5.41, 5.74) is 0.665. The van der Waals surface area contributed by atoms with Gasteiger partial charge in [0.05, 0.1) is 5.69 Å². The number of hydrogen-bond donors (Lipinski definition) is 3. The third-order valence-electron chi connectivity index (χ3n) is 4.02. The Kier molecular flexibility index (Phi) is 6.87. The number of alkyl halides is 2. The highest BCUT2D eigenvalue weighted by atomic mass is 19.3. The van der Waals surface area contributed by atoms with Crippen LogP contribution in [0.25, 0.3) is 0 Å². The van der Waals surface area contributed by atoms with E-state index in [1.807, 2.05) is 30.3 Å². The van der Waals surface area contributed by atoms with Gasteiger partial charge in [-0.05, 0) is 24.5 Å². The second kappa shape index (κ2) is 9.12. The van der Waals surface area contributed by atoms with Crippen LogP contribution in [0.15, 0.2) is 54.6 Å². The topological polar surface area (TPSA) is 78.4 Å². The van der Waals surface area contributed by atoms with Crippen LogP contribution >= 0.6 is 0 Å². The second-order valence-electron chi connectivity index (χ2n) is 6.35. The van der Waals surface area contributed by atoms with E-state index in [2.05, 4.69) is 10.6 Å². The van der Waals surface area contributed by atoms with Gasteiger partial charge in [0.2, 0.25) is 0 Å². The van der Waals surface area contributed by atoms with Gasteiger partial charge >= 0.3 is 12.0 Å². The molecule has 0 fully saturated rings. The molecular formula is C20H22F2N2O3. The molecule has 0 aromatic heterocycles. The number of nitrogens with one attached hydrogen (secondary N) is 2. The minimum atomic E-state index is -3.10. The van der Waals surface area contributed by atoms with Crippen LogP contribution in [-0.4, -0.2) is 23.1 Å². The first-order valence-corrected chi connectivity index (χ1v) is 8.56. The van der Waals surface area contributed by atoms with Crippen molar-refractivity contribution in [3.05, 3.63) is 65.7 Å². The number of aliphatic carboxylic acids is 1. The number of halogens is 2. The first-order chi connectivity index (χ1) is 12.8. The Balaban J connectivity index is 2.08. The zero-order valence-electron chi connectivity index (χ0n) is 14.9. The lowest BCUT2D eigenvalue weighted by atomic mass is 10.0. The Bertz CT molecular complexity index is 776. The monoisotopic (exact) mass is 376 g/mol. The van der Waals surface area contributed by atoms with Crippen molar-refractivity contribution in [2.75, 3.05) is 5.32 Å². The maximum atomic E-state index is 13.7. The summed E-state index contributed by atoms with van der Waals surface area (Å²) in [7, 11) is 0. The minimum Gasteiger partial charge on any atom is -0.481 e. The van der Waals surface area contributed by atoms with Crippen LogP contribution in [0.5, 0.6) is 0 Å². The van der Waals surface area contributed by atoms with E-state index in [-0.39, 0.29) is 24.1 Å². The van der Waals surface area contributed by atoms with Crippen molar-refractivity contribution < 1.29 is 23.5 Å². The molecule has 0 saturated carbocycles. The van der Waals surface area contributed by atoms with Crippen molar-refractivity contribution in [2.24, 2.45) is 0 Å². The van der Waals surface area contributed by atoms with Crippen molar-refractivity contribution >= 4 is 17.7 Å². The van der Waals surface area contributed by atoms with Gasteiger partial charge in [0.15, 0.2) is 0 Å². The number of para-hydroxylation sites is 1. The second-order valence-corrected chi connectivity index (χ2v) is 6.35. The molecule has 7 heteroatoms. The smallest absolute Gasteiger partial charge is 0.319 e. The lowest BCUT2D eigenvalue weighted by molar-refractivity contribution is -0.137. The first-order valence-electron chi connectivity index (χ1n) is 8.56. The number of carbonyl (C=O) groups excluding carboxylic acids is 1. The van der Waals surface area contributed by atoms with Crippen molar-refractivity contribution in [2.45, 2.75) is 38.2 Å². The van der Waals surface area contributed by atoms with Crippen LogP contribution in [0.1, 0.15) is 30.9 Å². The fraction of sp³-hybridized carbons (Fsp3) is 0.300. The van der Waals surface area contributed by atoms with Gasteiger partial charge in [-0.15, -0.1) is 0 Å².